The maximum atomic E-state index is 12.0. The highest BCUT2D eigenvalue weighted by atomic mass is 31.2. The minimum Gasteiger partial charge on any atom is -0.481 e. The lowest BCUT2D eigenvalue weighted by Crippen LogP contribution is -2.29. The van der Waals surface area contributed by atoms with Gasteiger partial charge in [0.1, 0.15) is 6.29 Å². The lowest BCUT2D eigenvalue weighted by atomic mass is 10.0. The third-order valence-corrected chi connectivity index (χ3v) is 5.07. The van der Waals surface area contributed by atoms with Gasteiger partial charge in [0.25, 0.3) is 0 Å². The Labute approximate surface area is 157 Å². The number of carboxylic acids is 1. The number of carboxylic acid groups (broad SMARTS) is 1. The summed E-state index contributed by atoms with van der Waals surface area (Å²) in [4.78, 5) is 31.2. The first-order valence-electron chi connectivity index (χ1n) is 8.46. The molecule has 8 heteroatoms. The molecule has 1 unspecified atom stereocenters. The number of hydrogen-bond acceptors (Lipinski definition) is 4. The zero-order chi connectivity index (χ0) is 19.7. The number of aliphatic carboxylic acids is 1. The third-order valence-electron chi connectivity index (χ3n) is 3.88. The van der Waals surface area contributed by atoms with Crippen LogP contribution in [0.4, 0.5) is 0 Å². The van der Waals surface area contributed by atoms with E-state index in [0.29, 0.717) is 12.7 Å². The molecule has 2 rings (SSSR count). The van der Waals surface area contributed by atoms with Crippen molar-refractivity contribution in [3.8, 4) is 11.1 Å². The number of rotatable bonds is 11. The van der Waals surface area contributed by atoms with Crippen LogP contribution in [0.5, 0.6) is 0 Å². The fourth-order valence-corrected chi connectivity index (χ4v) is 3.49. The summed E-state index contributed by atoms with van der Waals surface area (Å²) in [6.45, 7) is -0.0179. The van der Waals surface area contributed by atoms with Crippen LogP contribution < -0.4 is 5.09 Å². The van der Waals surface area contributed by atoms with Gasteiger partial charge in [-0.3, -0.25) is 9.32 Å². The number of hydrogen-bond donors (Lipinski definition) is 3. The second kappa shape index (κ2) is 10.1. The van der Waals surface area contributed by atoms with Crippen LogP contribution >= 0.6 is 7.75 Å². The summed E-state index contributed by atoms with van der Waals surface area (Å²) < 4.78 is 17.0. The van der Waals surface area contributed by atoms with Gasteiger partial charge in [0.05, 0.1) is 12.6 Å². The molecule has 0 aliphatic rings. The fraction of sp³-hybridized carbons (Fsp3) is 0.263. The molecule has 0 bridgehead atoms. The summed E-state index contributed by atoms with van der Waals surface area (Å²) >= 11 is 0. The van der Waals surface area contributed by atoms with Gasteiger partial charge in [-0.25, -0.2) is 9.65 Å². The molecule has 0 amide bonds. The van der Waals surface area contributed by atoms with Crippen LogP contribution in [0.1, 0.15) is 18.4 Å². The van der Waals surface area contributed by atoms with Gasteiger partial charge in [-0.2, -0.15) is 0 Å². The summed E-state index contributed by atoms with van der Waals surface area (Å²) in [5.41, 5.74) is 3.11. The highest BCUT2D eigenvalue weighted by Gasteiger charge is 2.24. The van der Waals surface area contributed by atoms with Crippen molar-refractivity contribution in [3.05, 3.63) is 60.2 Å². The first kappa shape index (κ1) is 21.0. The smallest absolute Gasteiger partial charge is 0.403 e. The van der Waals surface area contributed by atoms with E-state index in [1.54, 1.807) is 0 Å². The number of carbonyl (C=O) groups is 2. The highest BCUT2D eigenvalue weighted by Crippen LogP contribution is 2.37. The monoisotopic (exact) mass is 391 g/mol. The van der Waals surface area contributed by atoms with E-state index in [2.05, 4.69) is 5.09 Å². The van der Waals surface area contributed by atoms with Crippen LogP contribution in [-0.4, -0.2) is 34.9 Å². The summed E-state index contributed by atoms with van der Waals surface area (Å²) in [6.07, 6.45) is 0.442. The molecule has 2 aromatic rings. The molecule has 0 fully saturated rings. The molecule has 0 aromatic heterocycles. The van der Waals surface area contributed by atoms with E-state index in [1.165, 1.54) is 0 Å². The molecule has 0 aliphatic heterocycles. The molecule has 0 aliphatic carbocycles. The number of nitrogens with one attached hydrogen (secondary N) is 1. The van der Waals surface area contributed by atoms with Crippen LogP contribution in [0, 0.1) is 0 Å². The van der Waals surface area contributed by atoms with E-state index < -0.39 is 19.8 Å². The third kappa shape index (κ3) is 7.45. The molecule has 0 heterocycles. The summed E-state index contributed by atoms with van der Waals surface area (Å²) in [6, 6.07) is 16.6. The largest absolute Gasteiger partial charge is 0.481 e. The van der Waals surface area contributed by atoms with Crippen molar-refractivity contribution in [2.75, 3.05) is 6.61 Å². The quantitative estimate of drug-likeness (QED) is 0.399. The molecule has 0 radical (unpaired) electrons. The number of aldehydes is 1. The normalized spacial score (nSPS) is 14.3. The van der Waals surface area contributed by atoms with E-state index in [0.717, 1.165) is 16.7 Å². The molecule has 7 nitrogen and oxygen atoms in total. The highest BCUT2D eigenvalue weighted by molar-refractivity contribution is 7.50. The second-order valence-corrected chi connectivity index (χ2v) is 7.53. The molecule has 27 heavy (non-hydrogen) atoms. The van der Waals surface area contributed by atoms with E-state index in [1.807, 2.05) is 54.6 Å². The Hall–Kier alpha value is -2.31. The Balaban J connectivity index is 1.83. The topological polar surface area (TPSA) is 113 Å². The van der Waals surface area contributed by atoms with Crippen LogP contribution in [0.3, 0.4) is 0 Å². The second-order valence-electron chi connectivity index (χ2n) is 5.97. The SMILES string of the molecule is O=C[C@H](CCC(=O)O)NP(=O)(O)OCCc1ccc(-c2ccccc2)cc1. The summed E-state index contributed by atoms with van der Waals surface area (Å²) in [5, 5.41) is 10.8. The average molecular weight is 391 g/mol. The van der Waals surface area contributed by atoms with Crippen LogP contribution in [0.15, 0.2) is 54.6 Å². The van der Waals surface area contributed by atoms with E-state index in [4.69, 9.17) is 9.63 Å². The molecule has 0 saturated carbocycles. The van der Waals surface area contributed by atoms with Crippen molar-refractivity contribution >= 4 is 20.0 Å². The average Bonchev–Trinajstić information content (AvgIpc) is 2.66. The summed E-state index contributed by atoms with van der Waals surface area (Å²) in [7, 11) is -4.19. The minimum absolute atomic E-state index is 0.0179. The Morgan fingerprint density at radius 2 is 1.74 bits per heavy atom. The molecule has 3 N–H and O–H groups in total. The predicted octanol–water partition coefficient (Wildman–Crippen LogP) is 3.04. The van der Waals surface area contributed by atoms with Crippen molar-refractivity contribution in [1.29, 1.82) is 0 Å². The van der Waals surface area contributed by atoms with E-state index >= 15 is 0 Å². The Kier molecular flexibility index (Phi) is 7.88. The molecule has 0 spiro atoms. The zero-order valence-corrected chi connectivity index (χ0v) is 15.5. The van der Waals surface area contributed by atoms with Crippen molar-refractivity contribution < 1.29 is 28.7 Å². The van der Waals surface area contributed by atoms with Crippen molar-refractivity contribution in [1.82, 2.24) is 5.09 Å². The number of benzene rings is 2. The van der Waals surface area contributed by atoms with E-state index in [9.17, 15) is 19.0 Å². The first-order valence-corrected chi connectivity index (χ1v) is 10.0. The Morgan fingerprint density at radius 1 is 1.11 bits per heavy atom. The molecule has 144 valence electrons. The maximum absolute atomic E-state index is 12.0. The van der Waals surface area contributed by atoms with Gasteiger partial charge in [0.15, 0.2) is 0 Å². The lowest BCUT2D eigenvalue weighted by Gasteiger charge is -2.17. The van der Waals surface area contributed by atoms with Crippen LogP contribution in [0.2, 0.25) is 0 Å². The number of carbonyl (C=O) groups excluding carboxylic acids is 1. The van der Waals surface area contributed by atoms with Crippen LogP contribution in [0.25, 0.3) is 11.1 Å². The fourth-order valence-electron chi connectivity index (χ4n) is 2.47. The van der Waals surface area contributed by atoms with Crippen LogP contribution in [-0.2, 0) is 25.1 Å². The molecule has 2 aromatic carbocycles. The minimum atomic E-state index is -4.19. The van der Waals surface area contributed by atoms with Gasteiger partial charge >= 0.3 is 13.7 Å². The zero-order valence-electron chi connectivity index (χ0n) is 14.7. The van der Waals surface area contributed by atoms with Crippen molar-refractivity contribution in [3.63, 3.8) is 0 Å². The predicted molar refractivity (Wildman–Crippen MR) is 101 cm³/mol. The lowest BCUT2D eigenvalue weighted by molar-refractivity contribution is -0.137. The van der Waals surface area contributed by atoms with Crippen molar-refractivity contribution in [2.24, 2.45) is 0 Å². The molecule has 0 saturated heterocycles. The van der Waals surface area contributed by atoms with Gasteiger partial charge in [-0.15, -0.1) is 0 Å². The molecular formula is C19H22NO6P. The van der Waals surface area contributed by atoms with Gasteiger partial charge in [-0.1, -0.05) is 54.6 Å². The van der Waals surface area contributed by atoms with Gasteiger partial charge in [0, 0.05) is 6.42 Å². The Morgan fingerprint density at radius 3 is 2.33 bits per heavy atom. The standard InChI is InChI=1S/C19H22NO6P/c21-14-18(10-11-19(22)23)20-27(24,25)26-13-12-15-6-8-17(9-7-15)16-4-2-1-3-5-16/h1-9,14,18H,10-13H2,(H,22,23)(H2,20,24,25)/t18-/m0/s1. The molecular weight excluding hydrogens is 369 g/mol. The van der Waals surface area contributed by atoms with Crippen molar-refractivity contribution in [2.45, 2.75) is 25.3 Å². The van der Waals surface area contributed by atoms with Gasteiger partial charge in [-0.05, 0) is 29.5 Å². The van der Waals surface area contributed by atoms with E-state index in [-0.39, 0.29) is 19.4 Å². The molecule has 2 atom stereocenters. The Bertz CT molecular complexity index is 794. The van der Waals surface area contributed by atoms with Gasteiger partial charge < -0.3 is 14.8 Å². The first-order chi connectivity index (χ1) is 12.9. The van der Waals surface area contributed by atoms with Gasteiger partial charge in [0.2, 0.25) is 0 Å². The summed E-state index contributed by atoms with van der Waals surface area (Å²) in [5.74, 6) is -1.09. The maximum Gasteiger partial charge on any atom is 0.403 e.